The molecule has 0 aliphatic carbocycles. The number of rotatable bonds is 7. The third-order valence-corrected chi connectivity index (χ3v) is 4.93. The predicted octanol–water partition coefficient (Wildman–Crippen LogP) is 4.33. The number of carbonyl (C=O) groups is 3. The number of amides is 3. The highest BCUT2D eigenvalue weighted by atomic mass is 35.5. The van der Waals surface area contributed by atoms with Gasteiger partial charge >= 0.3 is 6.18 Å². The average Bonchev–Trinajstić information content (AvgIpc) is 2.68. The molecule has 2 aromatic carbocycles. The summed E-state index contributed by atoms with van der Waals surface area (Å²) in [5, 5.41) is 4.56. The van der Waals surface area contributed by atoms with Crippen LogP contribution in [0, 0.1) is 6.92 Å². The first-order valence-corrected chi connectivity index (χ1v) is 9.99. The summed E-state index contributed by atoms with van der Waals surface area (Å²) in [5.74, 6) is -1.42. The Morgan fingerprint density at radius 3 is 2.28 bits per heavy atom. The topological polar surface area (TPSA) is 78.5 Å². The van der Waals surface area contributed by atoms with E-state index in [9.17, 15) is 27.6 Å². The van der Waals surface area contributed by atoms with Gasteiger partial charge in [0.1, 0.15) is 0 Å². The molecule has 6 nitrogen and oxygen atoms in total. The van der Waals surface area contributed by atoms with Gasteiger partial charge < -0.3 is 15.5 Å². The first kappa shape index (κ1) is 25.2. The zero-order valence-electron chi connectivity index (χ0n) is 17.7. The quantitative estimate of drug-likeness (QED) is 0.633. The molecule has 0 aromatic heterocycles. The van der Waals surface area contributed by atoms with Gasteiger partial charge in [-0.15, -0.1) is 0 Å². The van der Waals surface area contributed by atoms with Crippen molar-refractivity contribution in [3.05, 3.63) is 64.2 Å². The smallest absolute Gasteiger partial charge is 0.349 e. The summed E-state index contributed by atoms with van der Waals surface area (Å²) in [6.07, 6.45) is -4.76. The van der Waals surface area contributed by atoms with Crippen molar-refractivity contribution < 1.29 is 27.6 Å². The van der Waals surface area contributed by atoms with Crippen molar-refractivity contribution in [1.29, 1.82) is 0 Å². The van der Waals surface area contributed by atoms with Crippen LogP contribution in [0.2, 0.25) is 5.02 Å². The lowest BCUT2D eigenvalue weighted by atomic mass is 10.0. The number of hydrogen-bond acceptors (Lipinski definition) is 3. The average molecular weight is 470 g/mol. The molecule has 2 rings (SSSR count). The minimum atomic E-state index is -4.67. The van der Waals surface area contributed by atoms with E-state index in [0.717, 1.165) is 28.2 Å². The summed E-state index contributed by atoms with van der Waals surface area (Å²) >= 11 is 5.57. The lowest BCUT2D eigenvalue weighted by molar-refractivity contribution is -0.137. The Hall–Kier alpha value is -3.07. The van der Waals surface area contributed by atoms with Crippen molar-refractivity contribution in [2.24, 2.45) is 0 Å². The zero-order valence-corrected chi connectivity index (χ0v) is 18.5. The number of alkyl halides is 3. The molecule has 0 spiro atoms. The molecule has 3 amide bonds. The van der Waals surface area contributed by atoms with E-state index in [1.807, 2.05) is 19.1 Å². The van der Waals surface area contributed by atoms with Gasteiger partial charge in [0.15, 0.2) is 0 Å². The Bertz CT molecular complexity index is 994. The lowest BCUT2D eigenvalue weighted by Crippen LogP contribution is -2.38. The van der Waals surface area contributed by atoms with E-state index in [-0.39, 0.29) is 24.6 Å². The van der Waals surface area contributed by atoms with Crippen molar-refractivity contribution in [2.75, 3.05) is 18.9 Å². The maximum atomic E-state index is 13.0. The van der Waals surface area contributed by atoms with Gasteiger partial charge in [-0.1, -0.05) is 41.4 Å². The molecule has 1 atom stereocenters. The van der Waals surface area contributed by atoms with Gasteiger partial charge in [-0.25, -0.2) is 0 Å². The van der Waals surface area contributed by atoms with Crippen LogP contribution in [-0.4, -0.2) is 36.2 Å². The number of aryl methyl sites for hydroxylation is 1. The van der Waals surface area contributed by atoms with Crippen LogP contribution >= 0.6 is 11.6 Å². The minimum Gasteiger partial charge on any atom is -0.349 e. The van der Waals surface area contributed by atoms with Crippen molar-refractivity contribution in [3.8, 4) is 0 Å². The van der Waals surface area contributed by atoms with Gasteiger partial charge in [0.25, 0.3) is 0 Å². The maximum absolute atomic E-state index is 13.0. The number of nitrogens with one attached hydrogen (secondary N) is 2. The highest BCUT2D eigenvalue weighted by Crippen LogP contribution is 2.36. The summed E-state index contributed by atoms with van der Waals surface area (Å²) in [7, 11) is 1.39. The summed E-state index contributed by atoms with van der Waals surface area (Å²) in [4.78, 5) is 37.6. The molecule has 0 saturated heterocycles. The van der Waals surface area contributed by atoms with Gasteiger partial charge in [0, 0.05) is 19.7 Å². The molecular formula is C22H23ClF3N3O3. The maximum Gasteiger partial charge on any atom is 0.417 e. The van der Waals surface area contributed by atoms with Gasteiger partial charge in [0.2, 0.25) is 17.7 Å². The van der Waals surface area contributed by atoms with Gasteiger partial charge in [-0.3, -0.25) is 14.4 Å². The van der Waals surface area contributed by atoms with Crippen molar-refractivity contribution in [1.82, 2.24) is 10.2 Å². The van der Waals surface area contributed by atoms with Crippen LogP contribution in [0.25, 0.3) is 0 Å². The molecule has 2 aromatic rings. The SMILES string of the molecule is CC(=O)NC(CC(=O)N(C)CC(=O)Nc1ccc(Cl)c(C(F)(F)F)c1)c1ccc(C)cc1. The highest BCUT2D eigenvalue weighted by molar-refractivity contribution is 6.31. The second-order valence-electron chi connectivity index (χ2n) is 7.36. The van der Waals surface area contributed by atoms with Crippen LogP contribution in [0.15, 0.2) is 42.5 Å². The zero-order chi connectivity index (χ0) is 24.1. The molecule has 0 aliphatic heterocycles. The largest absolute Gasteiger partial charge is 0.417 e. The van der Waals surface area contributed by atoms with Crippen molar-refractivity contribution in [2.45, 2.75) is 32.5 Å². The molecule has 2 N–H and O–H groups in total. The number of halogens is 4. The van der Waals surface area contributed by atoms with Crippen LogP contribution in [0.3, 0.4) is 0 Å². The van der Waals surface area contributed by atoms with E-state index in [4.69, 9.17) is 11.6 Å². The third kappa shape index (κ3) is 7.26. The van der Waals surface area contributed by atoms with E-state index >= 15 is 0 Å². The van der Waals surface area contributed by atoms with Gasteiger partial charge in [-0.2, -0.15) is 13.2 Å². The van der Waals surface area contributed by atoms with E-state index in [2.05, 4.69) is 10.6 Å². The molecule has 0 bridgehead atoms. The molecule has 0 saturated carbocycles. The monoisotopic (exact) mass is 469 g/mol. The Balaban J connectivity index is 2.03. The minimum absolute atomic E-state index is 0.0917. The summed E-state index contributed by atoms with van der Waals surface area (Å²) < 4.78 is 38.9. The molecule has 10 heteroatoms. The van der Waals surface area contributed by atoms with Crippen LogP contribution < -0.4 is 10.6 Å². The fraction of sp³-hybridized carbons (Fsp3) is 0.318. The van der Waals surface area contributed by atoms with Gasteiger partial charge in [-0.05, 0) is 30.7 Å². The van der Waals surface area contributed by atoms with Crippen LogP contribution in [0.5, 0.6) is 0 Å². The number of benzene rings is 2. The van der Waals surface area contributed by atoms with E-state index in [1.54, 1.807) is 12.1 Å². The van der Waals surface area contributed by atoms with Crippen LogP contribution in [0.1, 0.15) is 36.1 Å². The predicted molar refractivity (Wildman–Crippen MR) is 115 cm³/mol. The fourth-order valence-corrected chi connectivity index (χ4v) is 3.18. The normalized spacial score (nSPS) is 12.1. The summed E-state index contributed by atoms with van der Waals surface area (Å²) in [5.41, 5.74) is 0.588. The Morgan fingerprint density at radius 2 is 1.72 bits per heavy atom. The molecule has 0 aliphatic rings. The number of likely N-dealkylation sites (N-methyl/N-ethyl adjacent to an activating group) is 1. The molecule has 1 unspecified atom stereocenters. The Kier molecular flexibility index (Phi) is 8.26. The second kappa shape index (κ2) is 10.5. The third-order valence-electron chi connectivity index (χ3n) is 4.60. The fourth-order valence-electron chi connectivity index (χ4n) is 2.95. The number of carbonyl (C=O) groups excluding carboxylic acids is 3. The first-order valence-electron chi connectivity index (χ1n) is 9.61. The van der Waals surface area contributed by atoms with Crippen molar-refractivity contribution >= 4 is 35.0 Å². The van der Waals surface area contributed by atoms with Crippen LogP contribution in [0.4, 0.5) is 18.9 Å². The Morgan fingerprint density at radius 1 is 1.09 bits per heavy atom. The summed E-state index contributed by atoms with van der Waals surface area (Å²) in [6.45, 7) is 2.86. The van der Waals surface area contributed by atoms with Crippen LogP contribution in [-0.2, 0) is 20.6 Å². The molecule has 32 heavy (non-hydrogen) atoms. The summed E-state index contributed by atoms with van der Waals surface area (Å²) in [6, 6.07) is 9.72. The highest BCUT2D eigenvalue weighted by Gasteiger charge is 2.33. The standard InChI is InChI=1S/C22H23ClF3N3O3/c1-13-4-6-15(7-5-13)19(27-14(2)30)11-21(32)29(3)12-20(31)28-16-8-9-18(23)17(10-16)22(24,25)26/h4-10,19H,11-12H2,1-3H3,(H,27,30)(H,28,31). The van der Waals surface area contributed by atoms with E-state index < -0.39 is 34.6 Å². The molecule has 0 heterocycles. The Labute approximate surface area is 188 Å². The molecular weight excluding hydrogens is 447 g/mol. The molecule has 0 fully saturated rings. The number of nitrogens with zero attached hydrogens (tertiary/aromatic N) is 1. The van der Waals surface area contributed by atoms with E-state index in [0.29, 0.717) is 0 Å². The lowest BCUT2D eigenvalue weighted by Gasteiger charge is -2.22. The van der Waals surface area contributed by atoms with Gasteiger partial charge in [0.05, 0.1) is 29.6 Å². The second-order valence-corrected chi connectivity index (χ2v) is 7.77. The number of hydrogen-bond donors (Lipinski definition) is 2. The molecule has 172 valence electrons. The van der Waals surface area contributed by atoms with Crippen molar-refractivity contribution in [3.63, 3.8) is 0 Å². The van der Waals surface area contributed by atoms with E-state index in [1.165, 1.54) is 20.0 Å². The molecule has 0 radical (unpaired) electrons. The first-order chi connectivity index (χ1) is 14.9. The number of anilines is 1.